The van der Waals surface area contributed by atoms with Crippen molar-refractivity contribution in [3.05, 3.63) is 71.8 Å². The zero-order chi connectivity index (χ0) is 18.2. The van der Waals surface area contributed by atoms with Crippen molar-refractivity contribution in [2.24, 2.45) is 10.9 Å². The molecule has 4 nitrogen and oxygen atoms in total. The Balaban J connectivity index is 0.00000261. The average molecular weight is 478 g/mol. The van der Waals surface area contributed by atoms with E-state index in [0.29, 0.717) is 11.8 Å². The van der Waals surface area contributed by atoms with Crippen LogP contribution in [-0.4, -0.2) is 51.1 Å². The molecule has 3 rings (SSSR count). The van der Waals surface area contributed by atoms with Crippen LogP contribution in [0.3, 0.4) is 0 Å². The van der Waals surface area contributed by atoms with Crippen molar-refractivity contribution in [1.29, 1.82) is 0 Å². The summed E-state index contributed by atoms with van der Waals surface area (Å²) in [6, 6.07) is 21.4. The van der Waals surface area contributed by atoms with E-state index in [1.165, 1.54) is 30.6 Å². The molecule has 0 aliphatic carbocycles. The number of nitrogens with one attached hydrogen (secondary N) is 2. The minimum atomic E-state index is 0. The minimum absolute atomic E-state index is 0. The first-order chi connectivity index (χ1) is 12.8. The van der Waals surface area contributed by atoms with Crippen molar-refractivity contribution in [2.75, 3.05) is 40.3 Å². The quantitative estimate of drug-likeness (QED) is 0.379. The molecule has 1 fully saturated rings. The van der Waals surface area contributed by atoms with Crippen LogP contribution >= 0.6 is 24.0 Å². The number of rotatable bonds is 6. The summed E-state index contributed by atoms with van der Waals surface area (Å²) in [4.78, 5) is 6.80. The number of hydrogen-bond donors (Lipinski definition) is 2. The largest absolute Gasteiger partial charge is 0.356 e. The summed E-state index contributed by atoms with van der Waals surface area (Å²) < 4.78 is 0. The van der Waals surface area contributed by atoms with E-state index in [4.69, 9.17) is 0 Å². The summed E-state index contributed by atoms with van der Waals surface area (Å²) in [5.41, 5.74) is 2.64. The SMILES string of the molecule is CN=C(NCC1CCN(C)C1)NCC(c1ccccc1)c1ccccc1.I. The van der Waals surface area contributed by atoms with Crippen LogP contribution in [0.15, 0.2) is 65.7 Å². The van der Waals surface area contributed by atoms with Crippen molar-refractivity contribution >= 4 is 29.9 Å². The number of likely N-dealkylation sites (tertiary alicyclic amines) is 1. The first kappa shape index (κ1) is 21.7. The normalized spacial score (nSPS) is 17.6. The third-order valence-electron chi connectivity index (χ3n) is 5.15. The summed E-state index contributed by atoms with van der Waals surface area (Å²) in [5, 5.41) is 7.03. The molecule has 2 N–H and O–H groups in total. The van der Waals surface area contributed by atoms with Crippen molar-refractivity contribution in [3.8, 4) is 0 Å². The Bertz CT molecular complexity index is 650. The Labute approximate surface area is 180 Å². The molecule has 5 heteroatoms. The highest BCUT2D eigenvalue weighted by atomic mass is 127. The number of hydrogen-bond acceptors (Lipinski definition) is 2. The zero-order valence-corrected chi connectivity index (χ0v) is 18.6. The van der Waals surface area contributed by atoms with Crippen LogP contribution in [0.4, 0.5) is 0 Å². The van der Waals surface area contributed by atoms with Crippen LogP contribution in [0.5, 0.6) is 0 Å². The third kappa shape index (κ3) is 6.50. The smallest absolute Gasteiger partial charge is 0.191 e. The fourth-order valence-electron chi connectivity index (χ4n) is 3.65. The summed E-state index contributed by atoms with van der Waals surface area (Å²) in [6.45, 7) is 4.16. The van der Waals surface area contributed by atoms with Gasteiger partial charge in [-0.25, -0.2) is 0 Å². The van der Waals surface area contributed by atoms with Crippen molar-refractivity contribution in [1.82, 2.24) is 15.5 Å². The molecular formula is C22H31IN4. The monoisotopic (exact) mass is 478 g/mol. The zero-order valence-electron chi connectivity index (χ0n) is 16.3. The predicted molar refractivity (Wildman–Crippen MR) is 125 cm³/mol. The molecule has 1 aliphatic rings. The predicted octanol–water partition coefficient (Wildman–Crippen LogP) is 3.55. The fourth-order valence-corrected chi connectivity index (χ4v) is 3.65. The highest BCUT2D eigenvalue weighted by molar-refractivity contribution is 14.0. The molecule has 146 valence electrons. The lowest BCUT2D eigenvalue weighted by molar-refractivity contribution is 0.394. The highest BCUT2D eigenvalue weighted by Gasteiger charge is 2.20. The first-order valence-corrected chi connectivity index (χ1v) is 9.49. The van der Waals surface area contributed by atoms with Crippen LogP contribution in [0.1, 0.15) is 23.5 Å². The Morgan fingerprint density at radius 2 is 1.63 bits per heavy atom. The van der Waals surface area contributed by atoms with E-state index in [1.807, 2.05) is 7.05 Å². The summed E-state index contributed by atoms with van der Waals surface area (Å²) >= 11 is 0. The van der Waals surface area contributed by atoms with Gasteiger partial charge in [-0.15, -0.1) is 24.0 Å². The Morgan fingerprint density at radius 1 is 1.04 bits per heavy atom. The second-order valence-electron chi connectivity index (χ2n) is 7.12. The molecule has 0 spiro atoms. The Hall–Kier alpha value is -1.60. The Kier molecular flexibility index (Phi) is 9.07. The molecule has 1 aliphatic heterocycles. The molecular weight excluding hydrogens is 447 g/mol. The van der Waals surface area contributed by atoms with E-state index >= 15 is 0 Å². The lowest BCUT2D eigenvalue weighted by atomic mass is 9.91. The summed E-state index contributed by atoms with van der Waals surface area (Å²) in [6.07, 6.45) is 1.26. The minimum Gasteiger partial charge on any atom is -0.356 e. The van der Waals surface area contributed by atoms with Crippen molar-refractivity contribution in [2.45, 2.75) is 12.3 Å². The molecule has 0 amide bonds. The van der Waals surface area contributed by atoms with Gasteiger partial charge >= 0.3 is 0 Å². The third-order valence-corrected chi connectivity index (χ3v) is 5.15. The molecule has 2 aromatic carbocycles. The second-order valence-corrected chi connectivity index (χ2v) is 7.12. The van der Waals surface area contributed by atoms with Gasteiger partial charge in [0.2, 0.25) is 0 Å². The van der Waals surface area contributed by atoms with Gasteiger partial charge in [0.25, 0.3) is 0 Å². The maximum atomic E-state index is 4.41. The first-order valence-electron chi connectivity index (χ1n) is 9.49. The van der Waals surface area contributed by atoms with Gasteiger partial charge in [-0.1, -0.05) is 60.7 Å². The van der Waals surface area contributed by atoms with E-state index in [2.05, 4.69) is 88.2 Å². The van der Waals surface area contributed by atoms with Crippen LogP contribution in [-0.2, 0) is 0 Å². The van der Waals surface area contributed by atoms with E-state index in [9.17, 15) is 0 Å². The molecule has 27 heavy (non-hydrogen) atoms. The van der Waals surface area contributed by atoms with Gasteiger partial charge in [0.05, 0.1) is 0 Å². The number of halogens is 1. The van der Waals surface area contributed by atoms with Gasteiger partial charge in [0.1, 0.15) is 0 Å². The molecule has 1 unspecified atom stereocenters. The average Bonchev–Trinajstić information content (AvgIpc) is 3.11. The van der Waals surface area contributed by atoms with Gasteiger partial charge in [0, 0.05) is 32.6 Å². The van der Waals surface area contributed by atoms with Gasteiger partial charge in [-0.3, -0.25) is 4.99 Å². The lowest BCUT2D eigenvalue weighted by Gasteiger charge is -2.21. The van der Waals surface area contributed by atoms with Crippen LogP contribution in [0, 0.1) is 5.92 Å². The molecule has 1 saturated heterocycles. The topological polar surface area (TPSA) is 39.7 Å². The van der Waals surface area contributed by atoms with Gasteiger partial charge < -0.3 is 15.5 Å². The standard InChI is InChI=1S/C22H30N4.HI/c1-23-22(24-15-18-13-14-26(2)17-18)25-16-21(19-9-5-3-6-10-19)20-11-7-4-8-12-20;/h3-12,18,21H,13-17H2,1-2H3,(H2,23,24,25);1H. The molecule has 1 heterocycles. The van der Waals surface area contributed by atoms with Crippen LogP contribution < -0.4 is 10.6 Å². The van der Waals surface area contributed by atoms with E-state index in [-0.39, 0.29) is 24.0 Å². The number of nitrogens with zero attached hydrogens (tertiary/aromatic N) is 2. The fraction of sp³-hybridized carbons (Fsp3) is 0.409. The summed E-state index contributed by atoms with van der Waals surface area (Å²) in [7, 11) is 4.04. The van der Waals surface area contributed by atoms with Gasteiger partial charge in [0.15, 0.2) is 5.96 Å². The highest BCUT2D eigenvalue weighted by Crippen LogP contribution is 2.23. The van der Waals surface area contributed by atoms with E-state index < -0.39 is 0 Å². The second kappa shape index (κ2) is 11.3. The molecule has 0 radical (unpaired) electrons. The van der Waals surface area contributed by atoms with Gasteiger partial charge in [-0.2, -0.15) is 0 Å². The van der Waals surface area contributed by atoms with Gasteiger partial charge in [-0.05, 0) is 37.1 Å². The van der Waals surface area contributed by atoms with E-state index in [1.54, 1.807) is 0 Å². The number of benzene rings is 2. The number of guanidine groups is 1. The maximum Gasteiger partial charge on any atom is 0.191 e. The molecule has 0 aromatic heterocycles. The van der Waals surface area contributed by atoms with Crippen molar-refractivity contribution in [3.63, 3.8) is 0 Å². The molecule has 0 saturated carbocycles. The Morgan fingerprint density at radius 3 is 2.11 bits per heavy atom. The van der Waals surface area contributed by atoms with Crippen molar-refractivity contribution < 1.29 is 0 Å². The molecule has 2 aromatic rings. The van der Waals surface area contributed by atoms with Crippen LogP contribution in [0.2, 0.25) is 0 Å². The van der Waals surface area contributed by atoms with Crippen LogP contribution in [0.25, 0.3) is 0 Å². The van der Waals surface area contributed by atoms with E-state index in [0.717, 1.165) is 19.0 Å². The maximum absolute atomic E-state index is 4.41. The molecule has 1 atom stereocenters. The number of aliphatic imine (C=N–C) groups is 1. The summed E-state index contributed by atoms with van der Waals surface area (Å²) in [5.74, 6) is 1.89. The molecule has 0 bridgehead atoms. The lowest BCUT2D eigenvalue weighted by Crippen LogP contribution is -2.41.